The number of aromatic nitrogens is 5. The van der Waals surface area contributed by atoms with Gasteiger partial charge in [0.2, 0.25) is 12.1 Å². The van der Waals surface area contributed by atoms with Gasteiger partial charge in [-0.3, -0.25) is 4.79 Å². The summed E-state index contributed by atoms with van der Waals surface area (Å²) in [5, 5.41) is 7.33. The molecule has 0 bridgehead atoms. The second kappa shape index (κ2) is 15.2. The van der Waals surface area contributed by atoms with Crippen LogP contribution in [0.15, 0.2) is 73.1 Å². The minimum Gasteiger partial charge on any atom is -0.497 e. The van der Waals surface area contributed by atoms with Crippen LogP contribution >= 0.6 is 0 Å². The molecule has 2 amide bonds. The highest BCUT2D eigenvalue weighted by atomic mass is 16.5. The van der Waals surface area contributed by atoms with Crippen LogP contribution in [0.3, 0.4) is 0 Å². The van der Waals surface area contributed by atoms with Gasteiger partial charge in [-0.05, 0) is 86.7 Å². The van der Waals surface area contributed by atoms with Crippen LogP contribution in [-0.2, 0) is 9.53 Å². The molecule has 4 N–H and O–H groups in total. The Kier molecular flexibility index (Phi) is 9.80. The number of aromatic amines is 2. The molecular weight excluding hydrogens is 737 g/mol. The predicted molar refractivity (Wildman–Crippen MR) is 219 cm³/mol. The monoisotopic (exact) mass is 784 g/mol. The minimum atomic E-state index is -0.711. The van der Waals surface area contributed by atoms with Crippen molar-refractivity contribution in [3.8, 4) is 51.2 Å². The maximum atomic E-state index is 13.8. The number of nitrogens with zero attached hydrogens (tertiary/aromatic N) is 4. The highest BCUT2D eigenvalue weighted by molar-refractivity contribution is 5.92. The van der Waals surface area contributed by atoms with Crippen LogP contribution in [-0.4, -0.2) is 81.9 Å². The van der Waals surface area contributed by atoms with E-state index < -0.39 is 18.4 Å². The second-order valence-electron chi connectivity index (χ2n) is 15.6. The van der Waals surface area contributed by atoms with Gasteiger partial charge in [0.25, 0.3) is 0 Å². The van der Waals surface area contributed by atoms with E-state index in [1.54, 1.807) is 20.4 Å². The molecule has 3 aliphatic rings. The average molecular weight is 785 g/mol. The number of carbonyl (C=O) groups excluding carboxylic acids is 2. The molecule has 3 unspecified atom stereocenters. The molecular formula is C44H48N8O6. The highest BCUT2D eigenvalue weighted by Crippen LogP contribution is 2.47. The summed E-state index contributed by atoms with van der Waals surface area (Å²) in [6.45, 7) is 5.41. The van der Waals surface area contributed by atoms with Gasteiger partial charge in [-0.15, -0.1) is 0 Å². The largest absolute Gasteiger partial charge is 0.497 e. The van der Waals surface area contributed by atoms with E-state index in [-0.39, 0.29) is 17.9 Å². The van der Waals surface area contributed by atoms with E-state index in [1.165, 1.54) is 7.11 Å². The number of carbonyl (C=O) groups is 2. The van der Waals surface area contributed by atoms with Gasteiger partial charge in [-0.2, -0.15) is 0 Å². The SMILES string of the molecule is COC(=O)N[C@H](C(=O)N1CCCC1c1ncc(-c2ccc3c(c2)OC(c2cc(OC)cc(OC)c2)n2c-3cc3cc(-c4ncc(C5CCCN5)[nH]4)ccc32)[nH]1)C(C)C. The van der Waals surface area contributed by atoms with Gasteiger partial charge in [0.1, 0.15) is 34.9 Å². The van der Waals surface area contributed by atoms with E-state index in [1.807, 2.05) is 49.2 Å². The number of imidazole rings is 2. The van der Waals surface area contributed by atoms with Crippen molar-refractivity contribution in [1.82, 2.24) is 40.0 Å². The van der Waals surface area contributed by atoms with Gasteiger partial charge in [0, 0.05) is 46.3 Å². The Morgan fingerprint density at radius 2 is 1.71 bits per heavy atom. The molecule has 3 aromatic carbocycles. The predicted octanol–water partition coefficient (Wildman–Crippen LogP) is 7.51. The highest BCUT2D eigenvalue weighted by Gasteiger charge is 2.38. The molecule has 0 spiro atoms. The van der Waals surface area contributed by atoms with E-state index in [9.17, 15) is 9.59 Å². The van der Waals surface area contributed by atoms with Crippen molar-refractivity contribution in [2.24, 2.45) is 5.92 Å². The third-order valence-electron chi connectivity index (χ3n) is 11.7. The number of nitrogens with one attached hydrogen (secondary N) is 4. The maximum Gasteiger partial charge on any atom is 0.407 e. The number of likely N-dealkylation sites (tertiary alicyclic amines) is 1. The number of H-pyrrole nitrogens is 2. The van der Waals surface area contributed by atoms with Crippen LogP contribution in [0.5, 0.6) is 17.2 Å². The molecule has 0 saturated carbocycles. The van der Waals surface area contributed by atoms with Crippen LogP contribution in [0, 0.1) is 5.92 Å². The van der Waals surface area contributed by atoms with Gasteiger partial charge in [-0.1, -0.05) is 19.9 Å². The van der Waals surface area contributed by atoms with Crippen LogP contribution in [0.2, 0.25) is 0 Å². The Hall–Kier alpha value is -6.28. The number of amides is 2. The molecule has 6 aromatic rings. The van der Waals surface area contributed by atoms with Gasteiger partial charge >= 0.3 is 6.09 Å². The lowest BCUT2D eigenvalue weighted by Crippen LogP contribution is -2.51. The molecule has 3 aliphatic heterocycles. The molecule has 3 aromatic heterocycles. The Morgan fingerprint density at radius 1 is 0.897 bits per heavy atom. The molecule has 14 nitrogen and oxygen atoms in total. The lowest BCUT2D eigenvalue weighted by molar-refractivity contribution is -0.135. The van der Waals surface area contributed by atoms with Crippen molar-refractivity contribution >= 4 is 22.9 Å². The smallest absolute Gasteiger partial charge is 0.407 e. The number of alkyl carbamates (subject to hydrolysis) is 1. The summed E-state index contributed by atoms with van der Waals surface area (Å²) in [6.07, 6.45) is 6.42. The van der Waals surface area contributed by atoms with Crippen molar-refractivity contribution < 1.29 is 28.5 Å². The number of hydrogen-bond acceptors (Lipinski definition) is 9. The first-order valence-corrected chi connectivity index (χ1v) is 19.9. The molecule has 0 aliphatic carbocycles. The Balaban J connectivity index is 1.07. The topological polar surface area (TPSA) is 161 Å². The zero-order valence-electron chi connectivity index (χ0n) is 33.3. The Labute approximate surface area is 336 Å². The zero-order valence-corrected chi connectivity index (χ0v) is 33.3. The minimum absolute atomic E-state index is 0.124. The fraction of sp³-hybridized carbons (Fsp3) is 0.364. The molecule has 14 heteroatoms. The van der Waals surface area contributed by atoms with Crippen LogP contribution in [0.25, 0.3) is 44.8 Å². The van der Waals surface area contributed by atoms with Gasteiger partial charge in [0.05, 0.1) is 62.4 Å². The molecule has 2 saturated heterocycles. The normalized spacial score (nSPS) is 19.1. The van der Waals surface area contributed by atoms with Crippen molar-refractivity contribution in [2.45, 2.75) is 63.9 Å². The number of ether oxygens (including phenoxy) is 4. The summed E-state index contributed by atoms with van der Waals surface area (Å²) < 4.78 is 25.4. The summed E-state index contributed by atoms with van der Waals surface area (Å²) in [5.41, 5.74) is 7.65. The number of fused-ring (bicyclic) bond motifs is 5. The van der Waals surface area contributed by atoms with Crippen molar-refractivity contribution in [3.05, 3.63) is 90.1 Å². The molecule has 9 rings (SSSR count). The number of methoxy groups -OCH3 is 3. The van der Waals surface area contributed by atoms with Gasteiger partial charge in [-0.25, -0.2) is 14.8 Å². The molecule has 4 atom stereocenters. The Bertz CT molecular complexity index is 2470. The van der Waals surface area contributed by atoms with Crippen LogP contribution in [0.1, 0.15) is 74.9 Å². The fourth-order valence-corrected chi connectivity index (χ4v) is 8.66. The third-order valence-corrected chi connectivity index (χ3v) is 11.7. The van der Waals surface area contributed by atoms with Crippen molar-refractivity contribution in [2.75, 3.05) is 34.4 Å². The standard InChI is InChI=1S/C44H48N8O6/c1-24(2)39(50-44(54)57-5)42(53)51-15-7-9-36(51)41-47-22-33(48-41)25-10-12-31-37-19-27-16-26(40-46-23-34(49-40)32-8-6-14-45-32)11-13-35(27)52(37)43(58-38(31)20-25)28-17-29(55-3)21-30(18-28)56-4/h10-13,16-24,32,36,39,43,45H,6-9,14-15H2,1-5H3,(H,46,49)(H,47,48)(H,50,54)/t32?,36?,39-,43?/m0/s1. The molecule has 58 heavy (non-hydrogen) atoms. The van der Waals surface area contributed by atoms with Crippen molar-refractivity contribution in [1.29, 1.82) is 0 Å². The number of hydrogen-bond donors (Lipinski definition) is 4. The summed E-state index contributed by atoms with van der Waals surface area (Å²) in [7, 11) is 4.58. The molecule has 0 radical (unpaired) electrons. The van der Waals surface area contributed by atoms with Gasteiger partial charge < -0.3 is 49.0 Å². The summed E-state index contributed by atoms with van der Waals surface area (Å²) in [4.78, 5) is 44.3. The third kappa shape index (κ3) is 6.70. The quantitative estimate of drug-likeness (QED) is 0.110. The van der Waals surface area contributed by atoms with Crippen molar-refractivity contribution in [3.63, 3.8) is 0 Å². The lowest BCUT2D eigenvalue weighted by atomic mass is 10.0. The lowest BCUT2D eigenvalue weighted by Gasteiger charge is -2.31. The first-order valence-electron chi connectivity index (χ1n) is 19.9. The average Bonchev–Trinajstić information content (AvgIpc) is 4.10. The number of benzene rings is 3. The first-order chi connectivity index (χ1) is 28.2. The Morgan fingerprint density at radius 3 is 2.45 bits per heavy atom. The number of rotatable bonds is 10. The maximum absolute atomic E-state index is 13.8. The fourth-order valence-electron chi connectivity index (χ4n) is 8.66. The van der Waals surface area contributed by atoms with E-state index in [2.05, 4.69) is 61.6 Å². The van der Waals surface area contributed by atoms with Gasteiger partial charge in [0.15, 0.2) is 0 Å². The summed E-state index contributed by atoms with van der Waals surface area (Å²) >= 11 is 0. The van der Waals surface area contributed by atoms with E-state index >= 15 is 0 Å². The van der Waals surface area contributed by atoms with E-state index in [0.29, 0.717) is 35.7 Å². The first kappa shape index (κ1) is 37.3. The zero-order chi connectivity index (χ0) is 40.1. The van der Waals surface area contributed by atoms with E-state index in [4.69, 9.17) is 28.9 Å². The molecule has 2 fully saturated rings. The molecule has 6 heterocycles. The molecule has 300 valence electrons. The summed E-state index contributed by atoms with van der Waals surface area (Å²) in [5.74, 6) is 3.29. The second-order valence-corrected chi connectivity index (χ2v) is 15.6. The van der Waals surface area contributed by atoms with Crippen LogP contribution in [0.4, 0.5) is 4.79 Å². The van der Waals surface area contributed by atoms with Crippen LogP contribution < -0.4 is 24.8 Å². The summed E-state index contributed by atoms with van der Waals surface area (Å²) in [6, 6.07) is 20.0. The van der Waals surface area contributed by atoms with E-state index in [0.717, 1.165) is 88.3 Å².